The molecule has 146 valence electrons. The molecule has 0 amide bonds. The summed E-state index contributed by atoms with van der Waals surface area (Å²) in [6.07, 6.45) is 1.01. The minimum Gasteiger partial charge on any atom is -0.352 e. The Bertz CT molecular complexity index is 912. The van der Waals surface area contributed by atoms with Crippen LogP contribution in [0.2, 0.25) is 0 Å². The van der Waals surface area contributed by atoms with E-state index >= 15 is 0 Å². The number of nitrogens with one attached hydrogen (secondary N) is 1. The van der Waals surface area contributed by atoms with Gasteiger partial charge >= 0.3 is 0 Å². The lowest BCUT2D eigenvalue weighted by Crippen LogP contribution is -2.40. The summed E-state index contributed by atoms with van der Waals surface area (Å²) >= 11 is 0. The summed E-state index contributed by atoms with van der Waals surface area (Å²) in [7, 11) is 1.44. The lowest BCUT2D eigenvalue weighted by Gasteiger charge is -2.22. The van der Waals surface area contributed by atoms with E-state index in [1.165, 1.54) is 29.7 Å². The molecule has 1 heterocycles. The smallest absolute Gasteiger partial charge is 0.242 e. The van der Waals surface area contributed by atoms with E-state index in [9.17, 15) is 8.42 Å². The zero-order valence-corrected chi connectivity index (χ0v) is 18.9. The summed E-state index contributed by atoms with van der Waals surface area (Å²) < 4.78 is 25.5. The third-order valence-electron chi connectivity index (χ3n) is 4.51. The Balaban J connectivity index is 0.00000261. The first-order valence-corrected chi connectivity index (χ1v) is 9.95. The molecule has 1 aliphatic heterocycles. The Hall–Kier alpha value is -1.65. The molecule has 0 fully saturated rings. The third-order valence-corrected chi connectivity index (χ3v) is 6.34. The summed E-state index contributed by atoms with van der Waals surface area (Å²) in [5.74, 6) is 0.819. The molecular weight excluding hydrogens is 475 g/mol. The van der Waals surface area contributed by atoms with E-state index < -0.39 is 10.0 Å². The summed E-state index contributed by atoms with van der Waals surface area (Å²) in [5, 5.41) is 3.37. The van der Waals surface area contributed by atoms with Crippen LogP contribution in [-0.2, 0) is 23.0 Å². The van der Waals surface area contributed by atoms with Crippen LogP contribution in [0.25, 0.3) is 0 Å². The summed E-state index contributed by atoms with van der Waals surface area (Å²) in [5.41, 5.74) is 3.51. The van der Waals surface area contributed by atoms with E-state index in [2.05, 4.69) is 33.4 Å². The van der Waals surface area contributed by atoms with Gasteiger partial charge in [-0.05, 0) is 35.7 Å². The first kappa shape index (κ1) is 21.6. The molecular formula is C19H25IN4O2S. The zero-order valence-electron chi connectivity index (χ0n) is 15.7. The molecule has 2 aromatic carbocycles. The van der Waals surface area contributed by atoms with Crippen LogP contribution in [0.15, 0.2) is 58.4 Å². The van der Waals surface area contributed by atoms with Crippen LogP contribution in [0.1, 0.15) is 11.1 Å². The Morgan fingerprint density at radius 1 is 1.15 bits per heavy atom. The fraction of sp³-hybridized carbons (Fsp3) is 0.316. The first-order valence-electron chi connectivity index (χ1n) is 8.51. The summed E-state index contributed by atoms with van der Waals surface area (Å²) in [6, 6.07) is 15.3. The summed E-state index contributed by atoms with van der Waals surface area (Å²) in [4.78, 5) is 6.87. The second-order valence-corrected chi connectivity index (χ2v) is 8.51. The highest BCUT2D eigenvalue weighted by Crippen LogP contribution is 2.27. The monoisotopic (exact) mass is 500 g/mol. The number of hydrogen-bond donors (Lipinski definition) is 1. The normalized spacial score (nSPS) is 14.1. The van der Waals surface area contributed by atoms with Gasteiger partial charge in [-0.3, -0.25) is 4.99 Å². The van der Waals surface area contributed by atoms with Gasteiger partial charge in [0.2, 0.25) is 10.0 Å². The van der Waals surface area contributed by atoms with Gasteiger partial charge in [-0.2, -0.15) is 0 Å². The Morgan fingerprint density at radius 2 is 1.81 bits per heavy atom. The van der Waals surface area contributed by atoms with E-state index in [4.69, 9.17) is 0 Å². The lowest BCUT2D eigenvalue weighted by atomic mass is 10.2. The van der Waals surface area contributed by atoms with E-state index in [1.54, 1.807) is 19.2 Å². The number of halogens is 1. The van der Waals surface area contributed by atoms with Gasteiger partial charge in [0.15, 0.2) is 5.96 Å². The van der Waals surface area contributed by atoms with Crippen LogP contribution in [-0.4, -0.2) is 46.4 Å². The van der Waals surface area contributed by atoms with Gasteiger partial charge in [-0.1, -0.05) is 30.3 Å². The molecule has 0 atom stereocenters. The van der Waals surface area contributed by atoms with Crippen molar-refractivity contribution in [3.8, 4) is 0 Å². The number of guanidine groups is 1. The van der Waals surface area contributed by atoms with E-state index in [0.29, 0.717) is 11.4 Å². The highest BCUT2D eigenvalue weighted by Gasteiger charge is 2.22. The Labute approximate surface area is 178 Å². The fourth-order valence-corrected chi connectivity index (χ4v) is 3.93. The molecule has 6 nitrogen and oxygen atoms in total. The second-order valence-electron chi connectivity index (χ2n) is 6.36. The Kier molecular flexibility index (Phi) is 7.24. The number of aliphatic imine (C=N–C) groups is 1. The third kappa shape index (κ3) is 4.61. The summed E-state index contributed by atoms with van der Waals surface area (Å²) in [6.45, 7) is 1.48. The van der Waals surface area contributed by atoms with Gasteiger partial charge in [0.1, 0.15) is 0 Å². The molecule has 0 saturated heterocycles. The van der Waals surface area contributed by atoms with E-state index in [0.717, 1.165) is 24.5 Å². The highest BCUT2D eigenvalue weighted by molar-refractivity contribution is 14.0. The number of sulfonamides is 1. The average Bonchev–Trinajstić information content (AvgIpc) is 3.07. The minimum atomic E-state index is -3.40. The van der Waals surface area contributed by atoms with Crippen molar-refractivity contribution in [1.82, 2.24) is 9.62 Å². The maximum Gasteiger partial charge on any atom is 0.242 e. The van der Waals surface area contributed by atoms with Crippen LogP contribution in [0.3, 0.4) is 0 Å². The van der Waals surface area contributed by atoms with E-state index in [-0.39, 0.29) is 24.0 Å². The predicted molar refractivity (Wildman–Crippen MR) is 120 cm³/mol. The van der Waals surface area contributed by atoms with Crippen molar-refractivity contribution in [2.75, 3.05) is 32.6 Å². The van der Waals surface area contributed by atoms with Crippen molar-refractivity contribution in [1.29, 1.82) is 0 Å². The zero-order chi connectivity index (χ0) is 18.7. The first-order chi connectivity index (χ1) is 12.4. The molecule has 27 heavy (non-hydrogen) atoms. The lowest BCUT2D eigenvalue weighted by molar-refractivity contribution is 0.520. The standard InChI is InChI=1S/C19H24N4O2S.HI/c1-20-19(23-13-12-16-6-4-5-7-18(16)23)21-14-15-8-10-17(11-9-15)26(24,25)22(2)3;/h4-11H,12-14H2,1-3H3,(H,20,21);1H. The highest BCUT2D eigenvalue weighted by atomic mass is 127. The predicted octanol–water partition coefficient (Wildman–Crippen LogP) is 2.69. The number of hydrogen-bond acceptors (Lipinski definition) is 3. The van der Waals surface area contributed by atoms with Gasteiger partial charge < -0.3 is 10.2 Å². The number of benzene rings is 2. The van der Waals surface area contributed by atoms with Crippen molar-refractivity contribution < 1.29 is 8.42 Å². The van der Waals surface area contributed by atoms with Crippen LogP contribution in [0.5, 0.6) is 0 Å². The molecule has 1 aliphatic rings. The van der Waals surface area contributed by atoms with Gasteiger partial charge in [-0.15, -0.1) is 24.0 Å². The number of nitrogens with zero attached hydrogens (tertiary/aromatic N) is 3. The average molecular weight is 500 g/mol. The number of anilines is 1. The molecule has 0 aromatic heterocycles. The largest absolute Gasteiger partial charge is 0.352 e. The minimum absolute atomic E-state index is 0. The van der Waals surface area contributed by atoms with Gasteiger partial charge in [-0.25, -0.2) is 12.7 Å². The Morgan fingerprint density at radius 3 is 2.44 bits per heavy atom. The molecule has 2 aromatic rings. The maximum absolute atomic E-state index is 12.1. The number of para-hydroxylation sites is 1. The molecule has 3 rings (SSSR count). The maximum atomic E-state index is 12.1. The van der Waals surface area contributed by atoms with Crippen molar-refractivity contribution in [2.45, 2.75) is 17.9 Å². The van der Waals surface area contributed by atoms with Crippen molar-refractivity contribution in [2.24, 2.45) is 4.99 Å². The number of rotatable bonds is 4. The van der Waals surface area contributed by atoms with Gasteiger partial charge in [0.05, 0.1) is 4.90 Å². The van der Waals surface area contributed by atoms with Gasteiger partial charge in [0, 0.05) is 39.9 Å². The van der Waals surface area contributed by atoms with Crippen molar-refractivity contribution in [3.63, 3.8) is 0 Å². The van der Waals surface area contributed by atoms with E-state index in [1.807, 2.05) is 18.2 Å². The van der Waals surface area contributed by atoms with Crippen LogP contribution in [0, 0.1) is 0 Å². The second kappa shape index (κ2) is 9.03. The SMILES string of the molecule is CN=C(NCc1ccc(S(=O)(=O)N(C)C)cc1)N1CCc2ccccc21.I. The topological polar surface area (TPSA) is 65.0 Å². The molecule has 0 bridgehead atoms. The molecule has 0 spiro atoms. The number of fused-ring (bicyclic) bond motifs is 1. The molecule has 8 heteroatoms. The van der Waals surface area contributed by atoms with Crippen LogP contribution in [0.4, 0.5) is 5.69 Å². The van der Waals surface area contributed by atoms with Crippen molar-refractivity contribution in [3.05, 3.63) is 59.7 Å². The van der Waals surface area contributed by atoms with Crippen LogP contribution < -0.4 is 10.2 Å². The quantitative estimate of drug-likeness (QED) is 0.399. The fourth-order valence-electron chi connectivity index (χ4n) is 3.02. The molecule has 0 unspecified atom stereocenters. The molecule has 1 N–H and O–H groups in total. The molecule has 0 aliphatic carbocycles. The van der Waals surface area contributed by atoms with Crippen molar-refractivity contribution >= 4 is 45.6 Å². The van der Waals surface area contributed by atoms with Gasteiger partial charge in [0.25, 0.3) is 0 Å². The molecule has 0 saturated carbocycles. The molecule has 0 radical (unpaired) electrons. The van der Waals surface area contributed by atoms with Crippen LogP contribution >= 0.6 is 24.0 Å².